The van der Waals surface area contributed by atoms with Gasteiger partial charge in [0.25, 0.3) is 5.91 Å². The second-order valence-corrected chi connectivity index (χ2v) is 15.3. The SMILES string of the molecule is COc1ccc([Si](C)(C)[C@@H]2[C@@H](C)[C@@H](CCc3cccc(NC(=O)c4ccccc4)c3)O[C@H]2CCO)cc1. The number of hydrogen-bond donors (Lipinski definition) is 2. The highest BCUT2D eigenvalue weighted by molar-refractivity contribution is 6.91. The molecule has 0 unspecified atom stereocenters. The Bertz CT molecular complexity index is 1170. The van der Waals surface area contributed by atoms with E-state index in [1.54, 1.807) is 7.11 Å². The van der Waals surface area contributed by atoms with Crippen LogP contribution in [0.3, 0.4) is 0 Å². The fourth-order valence-corrected chi connectivity index (χ4v) is 10.1. The van der Waals surface area contributed by atoms with Gasteiger partial charge in [-0.3, -0.25) is 4.79 Å². The van der Waals surface area contributed by atoms with Crippen LogP contribution >= 0.6 is 0 Å². The van der Waals surface area contributed by atoms with Crippen molar-refractivity contribution in [1.29, 1.82) is 0 Å². The van der Waals surface area contributed by atoms with Gasteiger partial charge < -0.3 is 19.9 Å². The van der Waals surface area contributed by atoms with Crippen LogP contribution in [0.15, 0.2) is 78.9 Å². The standard InChI is InChI=1S/C31H39NO4Si/c1-22-28(18-13-23-9-8-12-25(21-23)32-31(34)24-10-6-5-7-11-24)36-29(19-20-33)30(22)37(3,4)27-16-14-26(35-2)15-17-27/h5-12,14-17,21-22,28-30,33H,13,18-20H2,1-4H3,(H,32,34)/t22-,28+,29-,30+/m0/s1. The maximum absolute atomic E-state index is 12.6. The molecular formula is C31H39NO4Si. The van der Waals surface area contributed by atoms with Crippen molar-refractivity contribution in [2.75, 3.05) is 19.0 Å². The number of methoxy groups -OCH3 is 1. The third-order valence-corrected chi connectivity index (χ3v) is 12.3. The van der Waals surface area contributed by atoms with E-state index in [1.165, 1.54) is 10.8 Å². The number of amides is 1. The van der Waals surface area contributed by atoms with Gasteiger partial charge in [-0.05, 0) is 72.7 Å². The predicted molar refractivity (Wildman–Crippen MR) is 153 cm³/mol. The van der Waals surface area contributed by atoms with Crippen molar-refractivity contribution in [3.05, 3.63) is 90.0 Å². The number of benzene rings is 3. The van der Waals surface area contributed by atoms with Crippen LogP contribution in [-0.4, -0.2) is 45.0 Å². The maximum Gasteiger partial charge on any atom is 0.255 e. The van der Waals surface area contributed by atoms with Crippen LogP contribution in [0.5, 0.6) is 5.75 Å². The molecule has 0 saturated carbocycles. The molecule has 1 aliphatic heterocycles. The second kappa shape index (κ2) is 12.1. The highest BCUT2D eigenvalue weighted by Gasteiger charge is 2.50. The third kappa shape index (κ3) is 6.32. The van der Waals surface area contributed by atoms with E-state index in [9.17, 15) is 9.90 Å². The lowest BCUT2D eigenvalue weighted by atomic mass is 9.95. The number of aryl methyl sites for hydroxylation is 1. The summed E-state index contributed by atoms with van der Waals surface area (Å²) in [6.45, 7) is 7.30. The summed E-state index contributed by atoms with van der Waals surface area (Å²) < 4.78 is 12.0. The Morgan fingerprint density at radius 1 is 0.973 bits per heavy atom. The van der Waals surface area contributed by atoms with E-state index in [0.29, 0.717) is 23.4 Å². The summed E-state index contributed by atoms with van der Waals surface area (Å²) in [5.41, 5.74) is 3.03. The van der Waals surface area contributed by atoms with Crippen molar-refractivity contribution in [2.24, 2.45) is 5.92 Å². The molecule has 0 spiro atoms. The zero-order chi connectivity index (χ0) is 26.4. The molecule has 0 radical (unpaired) electrons. The lowest BCUT2D eigenvalue weighted by Crippen LogP contribution is -2.50. The van der Waals surface area contributed by atoms with Crippen LogP contribution in [0.4, 0.5) is 5.69 Å². The summed E-state index contributed by atoms with van der Waals surface area (Å²) >= 11 is 0. The molecular weight excluding hydrogens is 478 g/mol. The second-order valence-electron chi connectivity index (χ2n) is 10.6. The summed E-state index contributed by atoms with van der Waals surface area (Å²) in [4.78, 5) is 12.6. The van der Waals surface area contributed by atoms with Gasteiger partial charge in [0.1, 0.15) is 5.75 Å². The Hall–Kier alpha value is -2.93. The first-order chi connectivity index (χ1) is 17.8. The topological polar surface area (TPSA) is 67.8 Å². The van der Waals surface area contributed by atoms with Crippen LogP contribution in [0.25, 0.3) is 0 Å². The number of ether oxygens (including phenoxy) is 2. The van der Waals surface area contributed by atoms with E-state index in [0.717, 1.165) is 24.3 Å². The fraction of sp³-hybridized carbons (Fsp3) is 0.387. The van der Waals surface area contributed by atoms with Crippen LogP contribution in [0.1, 0.15) is 35.7 Å². The van der Waals surface area contributed by atoms with Crippen LogP contribution in [0, 0.1) is 5.92 Å². The minimum Gasteiger partial charge on any atom is -0.497 e. The summed E-state index contributed by atoms with van der Waals surface area (Å²) in [5.74, 6) is 1.16. The first-order valence-electron chi connectivity index (χ1n) is 13.2. The molecule has 0 bridgehead atoms. The molecule has 3 aromatic carbocycles. The van der Waals surface area contributed by atoms with Crippen LogP contribution < -0.4 is 15.2 Å². The first kappa shape index (κ1) is 27.1. The Kier molecular flexibility index (Phi) is 8.85. The molecule has 37 heavy (non-hydrogen) atoms. The molecule has 196 valence electrons. The minimum atomic E-state index is -1.89. The fourth-order valence-electron chi connectivity index (χ4n) is 5.95. The molecule has 3 aromatic rings. The van der Waals surface area contributed by atoms with Gasteiger partial charge >= 0.3 is 0 Å². The van der Waals surface area contributed by atoms with E-state index in [1.807, 2.05) is 54.6 Å². The molecule has 6 heteroatoms. The number of nitrogens with one attached hydrogen (secondary N) is 1. The molecule has 0 aromatic heterocycles. The number of hydrogen-bond acceptors (Lipinski definition) is 4. The number of rotatable bonds is 10. The van der Waals surface area contributed by atoms with Gasteiger partial charge in [-0.1, -0.05) is 67.7 Å². The Morgan fingerprint density at radius 2 is 1.70 bits per heavy atom. The molecule has 1 amide bonds. The minimum absolute atomic E-state index is 0.0604. The number of carbonyl (C=O) groups is 1. The van der Waals surface area contributed by atoms with Gasteiger partial charge in [0.05, 0.1) is 27.4 Å². The van der Waals surface area contributed by atoms with Crippen molar-refractivity contribution in [3.8, 4) is 5.75 Å². The van der Waals surface area contributed by atoms with Gasteiger partial charge in [0.2, 0.25) is 0 Å². The van der Waals surface area contributed by atoms with Crippen LogP contribution in [-0.2, 0) is 11.2 Å². The summed E-state index contributed by atoms with van der Waals surface area (Å²) in [6.07, 6.45) is 2.63. The summed E-state index contributed by atoms with van der Waals surface area (Å²) in [7, 11) is -0.201. The van der Waals surface area contributed by atoms with Crippen molar-refractivity contribution < 1.29 is 19.4 Å². The summed E-state index contributed by atoms with van der Waals surface area (Å²) in [5, 5.41) is 14.2. The van der Waals surface area contributed by atoms with Crippen molar-refractivity contribution in [1.82, 2.24) is 0 Å². The molecule has 1 fully saturated rings. The number of aliphatic hydroxyl groups is 1. The van der Waals surface area contributed by atoms with E-state index in [-0.39, 0.29) is 24.7 Å². The normalized spacial score (nSPS) is 21.5. The maximum atomic E-state index is 12.6. The van der Waals surface area contributed by atoms with Crippen molar-refractivity contribution in [3.63, 3.8) is 0 Å². The van der Waals surface area contributed by atoms with Crippen LogP contribution in [0.2, 0.25) is 18.6 Å². The zero-order valence-electron chi connectivity index (χ0n) is 22.3. The van der Waals surface area contributed by atoms with Gasteiger partial charge in [0.15, 0.2) is 0 Å². The van der Waals surface area contributed by atoms with Gasteiger partial charge in [-0.2, -0.15) is 0 Å². The molecule has 2 N–H and O–H groups in total. The number of aliphatic hydroxyl groups excluding tert-OH is 1. The molecule has 1 heterocycles. The summed E-state index contributed by atoms with van der Waals surface area (Å²) in [6, 6.07) is 25.8. The Morgan fingerprint density at radius 3 is 2.38 bits per heavy atom. The predicted octanol–water partition coefficient (Wildman–Crippen LogP) is 5.65. The highest BCUT2D eigenvalue weighted by atomic mass is 28.3. The van der Waals surface area contributed by atoms with Crippen molar-refractivity contribution >= 4 is 24.9 Å². The largest absolute Gasteiger partial charge is 0.497 e. The average Bonchev–Trinajstić information content (AvgIpc) is 3.23. The van der Waals surface area contributed by atoms with Crippen molar-refractivity contribution in [2.45, 2.75) is 57.0 Å². The number of carbonyl (C=O) groups excluding carboxylic acids is 1. The Balaban J connectivity index is 1.44. The lowest BCUT2D eigenvalue weighted by molar-refractivity contribution is 0.0196. The number of anilines is 1. The molecule has 1 saturated heterocycles. The van der Waals surface area contributed by atoms with E-state index in [4.69, 9.17) is 9.47 Å². The van der Waals surface area contributed by atoms with E-state index in [2.05, 4.69) is 49.6 Å². The molecule has 0 aliphatic carbocycles. The van der Waals surface area contributed by atoms with Gasteiger partial charge in [-0.25, -0.2) is 0 Å². The quantitative estimate of drug-likeness (QED) is 0.341. The smallest absolute Gasteiger partial charge is 0.255 e. The monoisotopic (exact) mass is 517 g/mol. The zero-order valence-corrected chi connectivity index (χ0v) is 23.3. The van der Waals surface area contributed by atoms with E-state index < -0.39 is 8.07 Å². The van der Waals surface area contributed by atoms with Gasteiger partial charge in [0, 0.05) is 17.9 Å². The Labute approximate surface area is 221 Å². The van der Waals surface area contributed by atoms with E-state index >= 15 is 0 Å². The molecule has 5 nitrogen and oxygen atoms in total. The average molecular weight is 518 g/mol. The molecule has 4 atom stereocenters. The molecule has 1 aliphatic rings. The lowest BCUT2D eigenvalue weighted by Gasteiger charge is -2.36. The first-order valence-corrected chi connectivity index (χ1v) is 16.3. The third-order valence-electron chi connectivity index (χ3n) is 7.92. The highest BCUT2D eigenvalue weighted by Crippen LogP contribution is 2.46. The molecule has 4 rings (SSSR count). The van der Waals surface area contributed by atoms with Gasteiger partial charge in [-0.15, -0.1) is 0 Å².